The summed E-state index contributed by atoms with van der Waals surface area (Å²) < 4.78 is 0. The molecule has 0 aromatic rings. The van der Waals surface area contributed by atoms with E-state index in [-0.39, 0.29) is 0 Å². The Hall–Kier alpha value is -0.520. The van der Waals surface area contributed by atoms with Crippen LogP contribution in [-0.2, 0) is 0 Å². The van der Waals surface area contributed by atoms with Crippen molar-refractivity contribution in [2.45, 2.75) is 34.1 Å². The molecule has 0 spiro atoms. The Balaban J connectivity index is 3.83. The van der Waals surface area contributed by atoms with Crippen LogP contribution in [0.5, 0.6) is 0 Å². The van der Waals surface area contributed by atoms with Crippen molar-refractivity contribution >= 4 is 0 Å². The van der Waals surface area contributed by atoms with Crippen molar-refractivity contribution in [3.05, 3.63) is 23.3 Å². The van der Waals surface area contributed by atoms with E-state index in [0.29, 0.717) is 0 Å². The lowest BCUT2D eigenvalue weighted by molar-refractivity contribution is 1.10. The van der Waals surface area contributed by atoms with Crippen LogP contribution < -0.4 is 0 Å². The molecular weight excluding hydrogens is 108 g/mol. The van der Waals surface area contributed by atoms with Gasteiger partial charge in [-0.15, -0.1) is 0 Å². The van der Waals surface area contributed by atoms with Gasteiger partial charge in [0.05, 0.1) is 0 Å². The molecule has 0 N–H and O–H groups in total. The third-order valence-corrected chi connectivity index (χ3v) is 1.26. The molecule has 0 saturated heterocycles. The average molecular weight is 124 g/mol. The van der Waals surface area contributed by atoms with Crippen LogP contribution in [0.4, 0.5) is 0 Å². The standard InChI is InChI=1S/C9H16/c1-5-9(4)7-6-8(2)3/h6-7H,5H2,1-4H3. The van der Waals surface area contributed by atoms with Gasteiger partial charge in [-0.1, -0.05) is 30.2 Å². The molecule has 0 aromatic heterocycles. The van der Waals surface area contributed by atoms with E-state index >= 15 is 0 Å². The SMILES string of the molecule is CCC(C)=CC=C(C)C. The Morgan fingerprint density at radius 2 is 1.67 bits per heavy atom. The number of rotatable bonds is 2. The maximum Gasteiger partial charge on any atom is -0.0349 e. The highest BCUT2D eigenvalue weighted by Crippen LogP contribution is 1.99. The maximum absolute atomic E-state index is 2.18. The van der Waals surface area contributed by atoms with Crippen LogP contribution in [0.3, 0.4) is 0 Å². The third-order valence-electron chi connectivity index (χ3n) is 1.26. The molecular formula is C9H16. The minimum Gasteiger partial charge on any atom is -0.0764 e. The van der Waals surface area contributed by atoms with Crippen LogP contribution in [0.2, 0.25) is 0 Å². The van der Waals surface area contributed by atoms with Gasteiger partial charge in [0.1, 0.15) is 0 Å². The van der Waals surface area contributed by atoms with Gasteiger partial charge in [0.25, 0.3) is 0 Å². The second kappa shape index (κ2) is 4.37. The maximum atomic E-state index is 2.18. The fourth-order valence-electron chi connectivity index (χ4n) is 0.427. The van der Waals surface area contributed by atoms with Crippen LogP contribution >= 0.6 is 0 Å². The van der Waals surface area contributed by atoms with Crippen LogP contribution in [0.25, 0.3) is 0 Å². The van der Waals surface area contributed by atoms with E-state index in [1.165, 1.54) is 11.1 Å². The molecule has 0 aliphatic carbocycles. The molecule has 0 bridgehead atoms. The number of hydrogen-bond acceptors (Lipinski definition) is 0. The molecule has 0 heteroatoms. The van der Waals surface area contributed by atoms with Crippen LogP contribution in [-0.4, -0.2) is 0 Å². The highest BCUT2D eigenvalue weighted by Gasteiger charge is 1.78. The van der Waals surface area contributed by atoms with E-state index in [4.69, 9.17) is 0 Å². The molecule has 52 valence electrons. The molecule has 9 heavy (non-hydrogen) atoms. The van der Waals surface area contributed by atoms with E-state index in [0.717, 1.165) is 6.42 Å². The summed E-state index contributed by atoms with van der Waals surface area (Å²) in [4.78, 5) is 0. The molecule has 0 atom stereocenters. The highest BCUT2D eigenvalue weighted by molar-refractivity contribution is 5.13. The first kappa shape index (κ1) is 8.48. The predicted molar refractivity (Wildman–Crippen MR) is 43.5 cm³/mol. The van der Waals surface area contributed by atoms with Gasteiger partial charge in [-0.25, -0.2) is 0 Å². The van der Waals surface area contributed by atoms with Crippen LogP contribution in [0.1, 0.15) is 34.1 Å². The predicted octanol–water partition coefficient (Wildman–Crippen LogP) is 3.31. The molecule has 0 aromatic carbocycles. The van der Waals surface area contributed by atoms with Gasteiger partial charge in [0, 0.05) is 0 Å². The number of hydrogen-bond donors (Lipinski definition) is 0. The zero-order valence-corrected chi connectivity index (χ0v) is 6.86. The normalized spacial score (nSPS) is 11.3. The van der Waals surface area contributed by atoms with Gasteiger partial charge in [0.15, 0.2) is 0 Å². The average Bonchev–Trinajstić information content (AvgIpc) is 1.83. The van der Waals surface area contributed by atoms with Gasteiger partial charge in [0.2, 0.25) is 0 Å². The first-order valence-corrected chi connectivity index (χ1v) is 3.47. The van der Waals surface area contributed by atoms with Gasteiger partial charge in [-0.05, 0) is 27.2 Å². The summed E-state index contributed by atoms with van der Waals surface area (Å²) >= 11 is 0. The summed E-state index contributed by atoms with van der Waals surface area (Å²) in [6, 6.07) is 0. The van der Waals surface area contributed by atoms with Crippen LogP contribution in [0.15, 0.2) is 23.3 Å². The first-order chi connectivity index (χ1) is 4.16. The van der Waals surface area contributed by atoms with Crippen molar-refractivity contribution in [2.75, 3.05) is 0 Å². The minimum absolute atomic E-state index is 1.16. The lowest BCUT2D eigenvalue weighted by Gasteiger charge is -1.89. The van der Waals surface area contributed by atoms with Gasteiger partial charge in [-0.2, -0.15) is 0 Å². The van der Waals surface area contributed by atoms with Gasteiger partial charge >= 0.3 is 0 Å². The number of allylic oxidation sites excluding steroid dienone is 4. The molecule has 0 heterocycles. The van der Waals surface area contributed by atoms with Crippen molar-refractivity contribution in [3.8, 4) is 0 Å². The lowest BCUT2D eigenvalue weighted by atomic mass is 10.2. The summed E-state index contributed by atoms with van der Waals surface area (Å²) in [5.74, 6) is 0. The summed E-state index contributed by atoms with van der Waals surface area (Å²) in [5.41, 5.74) is 2.80. The molecule has 0 unspecified atom stereocenters. The fourth-order valence-corrected chi connectivity index (χ4v) is 0.427. The van der Waals surface area contributed by atoms with E-state index in [9.17, 15) is 0 Å². The fraction of sp³-hybridized carbons (Fsp3) is 0.556. The largest absolute Gasteiger partial charge is 0.0764 e. The zero-order valence-electron chi connectivity index (χ0n) is 6.86. The Labute approximate surface area is 58.3 Å². The lowest BCUT2D eigenvalue weighted by Crippen LogP contribution is -1.68. The topological polar surface area (TPSA) is 0 Å². The summed E-state index contributed by atoms with van der Waals surface area (Å²) in [6.07, 6.45) is 5.48. The molecule has 0 amide bonds. The highest BCUT2D eigenvalue weighted by atomic mass is 13.9. The Bertz CT molecular complexity index is 123. The van der Waals surface area contributed by atoms with E-state index < -0.39 is 0 Å². The Morgan fingerprint density at radius 1 is 1.11 bits per heavy atom. The summed E-state index contributed by atoms with van der Waals surface area (Å²) in [5, 5.41) is 0. The third kappa shape index (κ3) is 5.35. The Kier molecular flexibility index (Phi) is 4.12. The summed E-state index contributed by atoms with van der Waals surface area (Å²) in [6.45, 7) is 8.54. The van der Waals surface area contributed by atoms with E-state index in [1.54, 1.807) is 0 Å². The second-order valence-corrected chi connectivity index (χ2v) is 2.61. The minimum atomic E-state index is 1.16. The van der Waals surface area contributed by atoms with E-state index in [1.807, 2.05) is 0 Å². The van der Waals surface area contributed by atoms with Crippen molar-refractivity contribution in [1.29, 1.82) is 0 Å². The summed E-state index contributed by atoms with van der Waals surface area (Å²) in [7, 11) is 0. The van der Waals surface area contributed by atoms with Gasteiger partial charge in [-0.3, -0.25) is 0 Å². The van der Waals surface area contributed by atoms with Crippen molar-refractivity contribution in [1.82, 2.24) is 0 Å². The molecule has 0 radical (unpaired) electrons. The molecule has 0 saturated carbocycles. The zero-order chi connectivity index (χ0) is 7.28. The molecule has 0 aliphatic rings. The monoisotopic (exact) mass is 124 g/mol. The quantitative estimate of drug-likeness (QED) is 0.495. The molecule has 0 aliphatic heterocycles. The van der Waals surface area contributed by atoms with Gasteiger partial charge < -0.3 is 0 Å². The van der Waals surface area contributed by atoms with Crippen molar-refractivity contribution < 1.29 is 0 Å². The molecule has 0 nitrogen and oxygen atoms in total. The second-order valence-electron chi connectivity index (χ2n) is 2.61. The van der Waals surface area contributed by atoms with Crippen molar-refractivity contribution in [2.24, 2.45) is 0 Å². The molecule has 0 rings (SSSR count). The van der Waals surface area contributed by atoms with Crippen LogP contribution in [0, 0.1) is 0 Å². The Morgan fingerprint density at radius 3 is 2.00 bits per heavy atom. The van der Waals surface area contributed by atoms with Crippen molar-refractivity contribution in [3.63, 3.8) is 0 Å². The van der Waals surface area contributed by atoms with E-state index in [2.05, 4.69) is 39.8 Å². The molecule has 0 fully saturated rings. The first-order valence-electron chi connectivity index (χ1n) is 3.47. The smallest absolute Gasteiger partial charge is 0.0349 e.